The molecular formula is C21H30N4O2. The first kappa shape index (κ1) is 20.6. The number of aliphatic imine (C=N–C) groups is 1. The SMILES string of the molecule is CCOc1ccc(CN(C)C(=NC)NCCCCn2ccccc2=O)cc1. The molecule has 0 amide bonds. The average molecular weight is 370 g/mol. The Balaban J connectivity index is 1.74. The number of nitrogens with one attached hydrogen (secondary N) is 1. The van der Waals surface area contributed by atoms with Crippen molar-refractivity contribution in [3.05, 3.63) is 64.6 Å². The van der Waals surface area contributed by atoms with Crippen LogP contribution in [0.2, 0.25) is 0 Å². The summed E-state index contributed by atoms with van der Waals surface area (Å²) in [7, 11) is 3.82. The topological polar surface area (TPSA) is 58.9 Å². The van der Waals surface area contributed by atoms with Crippen molar-refractivity contribution in [3.8, 4) is 5.75 Å². The number of ether oxygens (including phenoxy) is 1. The van der Waals surface area contributed by atoms with Crippen molar-refractivity contribution in [1.29, 1.82) is 0 Å². The van der Waals surface area contributed by atoms with E-state index in [0.717, 1.165) is 44.2 Å². The van der Waals surface area contributed by atoms with Crippen LogP contribution in [-0.2, 0) is 13.1 Å². The van der Waals surface area contributed by atoms with Gasteiger partial charge in [-0.25, -0.2) is 0 Å². The summed E-state index contributed by atoms with van der Waals surface area (Å²) in [4.78, 5) is 18.1. The molecule has 0 fully saturated rings. The molecule has 0 saturated heterocycles. The Morgan fingerprint density at radius 2 is 1.96 bits per heavy atom. The van der Waals surface area contributed by atoms with Crippen LogP contribution < -0.4 is 15.6 Å². The van der Waals surface area contributed by atoms with E-state index in [1.807, 2.05) is 38.4 Å². The number of rotatable bonds is 9. The van der Waals surface area contributed by atoms with E-state index in [4.69, 9.17) is 4.74 Å². The Bertz CT molecular complexity index is 768. The number of hydrogen-bond acceptors (Lipinski definition) is 3. The number of guanidine groups is 1. The summed E-state index contributed by atoms with van der Waals surface area (Å²) in [6.07, 6.45) is 3.74. The van der Waals surface area contributed by atoms with Gasteiger partial charge in [-0.15, -0.1) is 0 Å². The van der Waals surface area contributed by atoms with Gasteiger partial charge in [0.25, 0.3) is 0 Å². The van der Waals surface area contributed by atoms with Gasteiger partial charge in [-0.2, -0.15) is 0 Å². The molecule has 2 rings (SSSR count). The molecule has 0 saturated carbocycles. The van der Waals surface area contributed by atoms with Gasteiger partial charge in [0.1, 0.15) is 5.75 Å². The van der Waals surface area contributed by atoms with E-state index < -0.39 is 0 Å². The molecule has 0 unspecified atom stereocenters. The van der Waals surface area contributed by atoms with Crippen molar-refractivity contribution in [2.24, 2.45) is 4.99 Å². The van der Waals surface area contributed by atoms with E-state index in [2.05, 4.69) is 27.3 Å². The molecule has 0 bridgehead atoms. The van der Waals surface area contributed by atoms with E-state index in [0.29, 0.717) is 6.61 Å². The number of nitrogens with zero attached hydrogens (tertiary/aromatic N) is 3. The lowest BCUT2D eigenvalue weighted by atomic mass is 10.2. The normalized spacial score (nSPS) is 11.3. The lowest BCUT2D eigenvalue weighted by Gasteiger charge is -2.22. The maximum atomic E-state index is 11.7. The molecule has 1 heterocycles. The second kappa shape index (κ2) is 11.1. The zero-order valence-corrected chi connectivity index (χ0v) is 16.5. The number of pyridine rings is 1. The van der Waals surface area contributed by atoms with Crippen molar-refractivity contribution in [3.63, 3.8) is 0 Å². The third kappa shape index (κ3) is 6.81. The van der Waals surface area contributed by atoms with Gasteiger partial charge >= 0.3 is 0 Å². The second-order valence-corrected chi connectivity index (χ2v) is 6.35. The number of benzene rings is 1. The smallest absolute Gasteiger partial charge is 0.250 e. The van der Waals surface area contributed by atoms with Gasteiger partial charge in [-0.1, -0.05) is 18.2 Å². The molecule has 6 nitrogen and oxygen atoms in total. The first-order chi connectivity index (χ1) is 13.1. The van der Waals surface area contributed by atoms with Crippen LogP contribution in [0.15, 0.2) is 58.4 Å². The van der Waals surface area contributed by atoms with Gasteiger partial charge < -0.3 is 19.5 Å². The number of aromatic nitrogens is 1. The molecule has 146 valence electrons. The Kier molecular flexibility index (Phi) is 8.42. The van der Waals surface area contributed by atoms with E-state index >= 15 is 0 Å². The van der Waals surface area contributed by atoms with Crippen LogP contribution >= 0.6 is 0 Å². The van der Waals surface area contributed by atoms with Gasteiger partial charge in [0, 0.05) is 46.0 Å². The molecule has 1 N–H and O–H groups in total. The van der Waals surface area contributed by atoms with Gasteiger partial charge in [-0.05, 0) is 43.5 Å². The van der Waals surface area contributed by atoms with Crippen molar-refractivity contribution in [2.75, 3.05) is 27.2 Å². The van der Waals surface area contributed by atoms with Crippen molar-refractivity contribution in [2.45, 2.75) is 32.9 Å². The quantitative estimate of drug-likeness (QED) is 0.419. The molecule has 2 aromatic rings. The fourth-order valence-corrected chi connectivity index (χ4v) is 2.84. The van der Waals surface area contributed by atoms with Crippen LogP contribution in [0.5, 0.6) is 5.75 Å². The van der Waals surface area contributed by atoms with E-state index in [9.17, 15) is 4.79 Å². The predicted molar refractivity (Wildman–Crippen MR) is 110 cm³/mol. The molecule has 0 aliphatic heterocycles. The Morgan fingerprint density at radius 3 is 2.63 bits per heavy atom. The summed E-state index contributed by atoms with van der Waals surface area (Å²) in [5, 5.41) is 3.39. The minimum atomic E-state index is 0.0522. The van der Waals surface area contributed by atoms with E-state index in [1.54, 1.807) is 23.7 Å². The highest BCUT2D eigenvalue weighted by Crippen LogP contribution is 2.13. The van der Waals surface area contributed by atoms with Crippen LogP contribution in [0.1, 0.15) is 25.3 Å². The summed E-state index contributed by atoms with van der Waals surface area (Å²) < 4.78 is 7.22. The van der Waals surface area contributed by atoms with Crippen LogP contribution in [-0.4, -0.2) is 42.7 Å². The number of hydrogen-bond donors (Lipinski definition) is 1. The maximum absolute atomic E-state index is 11.7. The molecule has 27 heavy (non-hydrogen) atoms. The van der Waals surface area contributed by atoms with Crippen LogP contribution in [0.25, 0.3) is 0 Å². The summed E-state index contributed by atoms with van der Waals surface area (Å²) in [5.74, 6) is 1.75. The monoisotopic (exact) mass is 370 g/mol. The third-order valence-corrected chi connectivity index (χ3v) is 4.24. The molecule has 0 radical (unpaired) electrons. The minimum absolute atomic E-state index is 0.0522. The molecule has 0 atom stereocenters. The van der Waals surface area contributed by atoms with Crippen LogP contribution in [0, 0.1) is 0 Å². The molecule has 1 aromatic carbocycles. The average Bonchev–Trinajstić information content (AvgIpc) is 2.67. The predicted octanol–water partition coefficient (Wildman–Crippen LogP) is 2.73. The van der Waals surface area contributed by atoms with Crippen molar-refractivity contribution >= 4 is 5.96 Å². The minimum Gasteiger partial charge on any atom is -0.494 e. The lowest BCUT2D eigenvalue weighted by Crippen LogP contribution is -2.38. The molecule has 1 aromatic heterocycles. The third-order valence-electron chi connectivity index (χ3n) is 4.24. The standard InChI is InChI=1S/C21H30N4O2/c1-4-27-19-12-10-18(11-13-19)17-24(3)21(22-2)23-14-6-8-16-25-15-7-5-9-20(25)26/h5,7,9-13,15H,4,6,8,14,16-17H2,1-3H3,(H,22,23). The number of unbranched alkanes of at least 4 members (excludes halogenated alkanes) is 1. The maximum Gasteiger partial charge on any atom is 0.250 e. The van der Waals surface area contributed by atoms with Crippen molar-refractivity contribution in [1.82, 2.24) is 14.8 Å². The highest BCUT2D eigenvalue weighted by Gasteiger charge is 2.06. The fourth-order valence-electron chi connectivity index (χ4n) is 2.84. The summed E-state index contributed by atoms with van der Waals surface area (Å²) >= 11 is 0. The highest BCUT2D eigenvalue weighted by molar-refractivity contribution is 5.79. The highest BCUT2D eigenvalue weighted by atomic mass is 16.5. The molecule has 0 spiro atoms. The van der Waals surface area contributed by atoms with Crippen LogP contribution in [0.4, 0.5) is 0 Å². The lowest BCUT2D eigenvalue weighted by molar-refractivity contribution is 0.340. The Hall–Kier alpha value is -2.76. The van der Waals surface area contributed by atoms with E-state index in [1.165, 1.54) is 5.56 Å². The van der Waals surface area contributed by atoms with Crippen LogP contribution in [0.3, 0.4) is 0 Å². The first-order valence-corrected chi connectivity index (χ1v) is 9.43. The largest absolute Gasteiger partial charge is 0.494 e. The van der Waals surface area contributed by atoms with Gasteiger partial charge in [0.2, 0.25) is 5.56 Å². The molecular weight excluding hydrogens is 340 g/mol. The molecule has 0 aliphatic rings. The number of aryl methyl sites for hydroxylation is 1. The summed E-state index contributed by atoms with van der Waals surface area (Å²) in [6.45, 7) is 4.99. The summed E-state index contributed by atoms with van der Waals surface area (Å²) in [6, 6.07) is 13.4. The zero-order chi connectivity index (χ0) is 19.5. The van der Waals surface area contributed by atoms with E-state index in [-0.39, 0.29) is 5.56 Å². The molecule has 0 aliphatic carbocycles. The summed E-state index contributed by atoms with van der Waals surface area (Å²) in [5.41, 5.74) is 1.25. The first-order valence-electron chi connectivity index (χ1n) is 9.43. The molecule has 6 heteroatoms. The van der Waals surface area contributed by atoms with Crippen molar-refractivity contribution < 1.29 is 4.74 Å². The second-order valence-electron chi connectivity index (χ2n) is 6.35. The Morgan fingerprint density at radius 1 is 1.19 bits per heavy atom. The van der Waals surface area contributed by atoms with Gasteiger partial charge in [0.15, 0.2) is 5.96 Å². The van der Waals surface area contributed by atoms with Gasteiger partial charge in [-0.3, -0.25) is 9.79 Å². The van der Waals surface area contributed by atoms with Gasteiger partial charge in [0.05, 0.1) is 6.61 Å². The Labute approximate surface area is 161 Å². The fraction of sp³-hybridized carbons (Fsp3) is 0.429. The zero-order valence-electron chi connectivity index (χ0n) is 16.5.